The van der Waals surface area contributed by atoms with Crippen molar-refractivity contribution in [1.82, 2.24) is 10.7 Å². The van der Waals surface area contributed by atoms with Crippen LogP contribution in [0.5, 0.6) is 5.75 Å². The third-order valence-electron chi connectivity index (χ3n) is 3.04. The van der Waals surface area contributed by atoms with Crippen molar-refractivity contribution in [2.45, 2.75) is 20.8 Å². The van der Waals surface area contributed by atoms with E-state index in [0.717, 1.165) is 30.1 Å². The van der Waals surface area contributed by atoms with Crippen molar-refractivity contribution in [2.24, 2.45) is 5.84 Å². The fourth-order valence-electron chi connectivity index (χ4n) is 2.07. The molecule has 0 aliphatic carbocycles. The number of thiol groups is 1. The summed E-state index contributed by atoms with van der Waals surface area (Å²) >= 11 is 4.14. The third-order valence-corrected chi connectivity index (χ3v) is 3.30. The molecule has 0 atom stereocenters. The van der Waals surface area contributed by atoms with Crippen LogP contribution in [0.3, 0.4) is 0 Å². The summed E-state index contributed by atoms with van der Waals surface area (Å²) in [4.78, 5) is 2.20. The van der Waals surface area contributed by atoms with Gasteiger partial charge in [-0.05, 0) is 49.7 Å². The van der Waals surface area contributed by atoms with Crippen LogP contribution in [0.4, 0.5) is 5.69 Å². The number of benzene rings is 1. The molecule has 0 radical (unpaired) electrons. The average Bonchev–Trinajstić information content (AvgIpc) is 2.47. The summed E-state index contributed by atoms with van der Waals surface area (Å²) in [5.74, 6) is 6.03. The molecule has 0 spiro atoms. The summed E-state index contributed by atoms with van der Waals surface area (Å²) in [6, 6.07) is 5.77. The van der Waals surface area contributed by atoms with Crippen molar-refractivity contribution in [3.05, 3.63) is 29.2 Å². The fraction of sp³-hybridized carbons (Fsp3) is 0.429. The molecule has 0 aliphatic heterocycles. The number of nitrogens with one attached hydrogen (secondary N) is 1. The molecule has 0 aliphatic rings. The number of nitrogens with two attached hydrogens (primary N) is 1. The summed E-state index contributed by atoms with van der Waals surface area (Å²) in [6.07, 6.45) is 0. The smallest absolute Gasteiger partial charge is 0.142 e. The minimum absolute atomic E-state index is 0.398. The number of rotatable bonds is 8. The van der Waals surface area contributed by atoms with Crippen molar-refractivity contribution < 1.29 is 9.94 Å². The first-order chi connectivity index (χ1) is 10.1. The first kappa shape index (κ1) is 17.6. The molecule has 0 heterocycles. The summed E-state index contributed by atoms with van der Waals surface area (Å²) < 4.78 is 5.69. The molecule has 1 rings (SSSR count). The van der Waals surface area contributed by atoms with Crippen LogP contribution in [0.1, 0.15) is 26.3 Å². The van der Waals surface area contributed by atoms with Crippen LogP contribution >= 0.6 is 12.6 Å². The van der Waals surface area contributed by atoms with Gasteiger partial charge in [0.25, 0.3) is 0 Å². The van der Waals surface area contributed by atoms with Crippen molar-refractivity contribution in [3.8, 4) is 5.75 Å². The van der Waals surface area contributed by atoms with Gasteiger partial charge in [0.1, 0.15) is 5.75 Å². The molecule has 0 unspecified atom stereocenters. The second-order valence-electron chi connectivity index (χ2n) is 4.29. The zero-order chi connectivity index (χ0) is 15.8. The highest BCUT2D eigenvalue weighted by molar-refractivity contribution is 7.83. The van der Waals surface area contributed by atoms with E-state index >= 15 is 0 Å². The van der Waals surface area contributed by atoms with Gasteiger partial charge in [0.05, 0.1) is 18.0 Å². The van der Waals surface area contributed by atoms with Crippen LogP contribution in [0.15, 0.2) is 23.6 Å². The number of nitrogens with zero attached hydrogens (tertiary/aromatic N) is 2. The molecular formula is C14H24N4O2S. The molecule has 7 heteroatoms. The van der Waals surface area contributed by atoms with E-state index in [4.69, 9.17) is 15.8 Å². The zero-order valence-electron chi connectivity index (χ0n) is 12.7. The van der Waals surface area contributed by atoms with Gasteiger partial charge in [-0.25, -0.2) is 5.84 Å². The van der Waals surface area contributed by atoms with E-state index in [2.05, 4.69) is 36.8 Å². The molecule has 0 fully saturated rings. The Morgan fingerprint density at radius 2 is 2.05 bits per heavy atom. The van der Waals surface area contributed by atoms with Crippen LogP contribution in [0, 0.1) is 0 Å². The van der Waals surface area contributed by atoms with Gasteiger partial charge in [0.15, 0.2) is 0 Å². The Morgan fingerprint density at radius 3 is 2.52 bits per heavy atom. The molecule has 6 nitrogen and oxygen atoms in total. The van der Waals surface area contributed by atoms with E-state index in [-0.39, 0.29) is 0 Å². The number of hydrogen-bond donors (Lipinski definition) is 4. The average molecular weight is 312 g/mol. The second kappa shape index (κ2) is 8.78. The van der Waals surface area contributed by atoms with Crippen LogP contribution < -0.4 is 20.9 Å². The standard InChI is InChI=1S/C14H24N4O2S/c1-4-17(5-2)13-9-11(7-8-14(13)20-6-3)12(10-21)16-18(15)19/h7-10,16,19,21H,4-6,15H2,1-3H3/b12-10-. The minimum atomic E-state index is 0.398. The Bertz CT molecular complexity index is 476. The molecule has 0 aromatic heterocycles. The van der Waals surface area contributed by atoms with E-state index in [1.807, 2.05) is 25.1 Å². The van der Waals surface area contributed by atoms with Crippen molar-refractivity contribution >= 4 is 24.0 Å². The Kier molecular flexibility index (Phi) is 7.38. The number of hydrogen-bond acceptors (Lipinski definition) is 7. The van der Waals surface area contributed by atoms with Gasteiger partial charge in [-0.2, -0.15) is 0 Å². The SMILES string of the molecule is CCOc1ccc(/C(=C/S)NN(N)O)cc1N(CC)CC. The molecule has 1 aromatic carbocycles. The first-order valence-electron chi connectivity index (χ1n) is 6.94. The van der Waals surface area contributed by atoms with Crippen molar-refractivity contribution in [2.75, 3.05) is 24.6 Å². The number of hydrazine groups is 2. The lowest BCUT2D eigenvalue weighted by Crippen LogP contribution is -2.39. The fourth-order valence-corrected chi connectivity index (χ4v) is 2.27. The minimum Gasteiger partial charge on any atom is -0.492 e. The van der Waals surface area contributed by atoms with Gasteiger partial charge in [0.2, 0.25) is 0 Å². The summed E-state index contributed by atoms with van der Waals surface area (Å²) in [6.45, 7) is 8.49. The predicted octanol–water partition coefficient (Wildman–Crippen LogP) is 2.23. The summed E-state index contributed by atoms with van der Waals surface area (Å²) in [5, 5.41) is 11.1. The van der Waals surface area contributed by atoms with Gasteiger partial charge < -0.3 is 9.64 Å². The Labute approximate surface area is 131 Å². The Morgan fingerprint density at radius 1 is 1.38 bits per heavy atom. The normalized spacial score (nSPS) is 11.7. The third kappa shape index (κ3) is 4.82. The Balaban J connectivity index is 3.22. The number of anilines is 1. The van der Waals surface area contributed by atoms with Crippen molar-refractivity contribution in [1.29, 1.82) is 0 Å². The summed E-state index contributed by atoms with van der Waals surface area (Å²) in [7, 11) is 0. The molecule has 0 saturated heterocycles. The molecule has 4 N–H and O–H groups in total. The molecule has 1 aromatic rings. The maximum atomic E-state index is 9.11. The Hall–Kier alpha value is -1.41. The molecule has 0 saturated carbocycles. The maximum absolute atomic E-state index is 9.11. The lowest BCUT2D eigenvalue weighted by molar-refractivity contribution is -0.123. The zero-order valence-corrected chi connectivity index (χ0v) is 13.6. The van der Waals surface area contributed by atoms with Crippen LogP contribution in [0.2, 0.25) is 0 Å². The van der Waals surface area contributed by atoms with Gasteiger partial charge in [-0.1, -0.05) is 0 Å². The molecule has 21 heavy (non-hydrogen) atoms. The predicted molar refractivity (Wildman–Crippen MR) is 89.1 cm³/mol. The van der Waals surface area contributed by atoms with Crippen molar-refractivity contribution in [3.63, 3.8) is 0 Å². The van der Waals surface area contributed by atoms with Gasteiger partial charge in [0, 0.05) is 18.7 Å². The highest BCUT2D eigenvalue weighted by atomic mass is 32.1. The maximum Gasteiger partial charge on any atom is 0.142 e. The van der Waals surface area contributed by atoms with Crippen LogP contribution in [-0.4, -0.2) is 30.2 Å². The van der Waals surface area contributed by atoms with E-state index in [0.29, 0.717) is 17.6 Å². The van der Waals surface area contributed by atoms with Crippen LogP contribution in [0.25, 0.3) is 5.70 Å². The van der Waals surface area contributed by atoms with Gasteiger partial charge in [-0.3, -0.25) is 10.6 Å². The van der Waals surface area contributed by atoms with E-state index in [9.17, 15) is 0 Å². The van der Waals surface area contributed by atoms with E-state index in [1.54, 1.807) is 0 Å². The lowest BCUT2D eigenvalue weighted by Gasteiger charge is -2.25. The molecule has 118 valence electrons. The number of ether oxygens (including phenoxy) is 1. The molecule has 0 amide bonds. The topological polar surface area (TPSA) is 74.0 Å². The second-order valence-corrected chi connectivity index (χ2v) is 4.55. The van der Waals surface area contributed by atoms with Gasteiger partial charge >= 0.3 is 0 Å². The lowest BCUT2D eigenvalue weighted by atomic mass is 10.1. The molecule has 0 bridgehead atoms. The quantitative estimate of drug-likeness (QED) is 0.335. The summed E-state index contributed by atoms with van der Waals surface area (Å²) in [5.41, 5.74) is 5.02. The van der Waals surface area contributed by atoms with E-state index in [1.165, 1.54) is 5.41 Å². The highest BCUT2D eigenvalue weighted by Crippen LogP contribution is 2.31. The van der Waals surface area contributed by atoms with E-state index < -0.39 is 0 Å². The van der Waals surface area contributed by atoms with Crippen LogP contribution in [-0.2, 0) is 0 Å². The first-order valence-corrected chi connectivity index (χ1v) is 7.45. The monoisotopic (exact) mass is 312 g/mol. The van der Waals surface area contributed by atoms with Gasteiger partial charge in [-0.15, -0.1) is 12.6 Å². The highest BCUT2D eigenvalue weighted by Gasteiger charge is 2.13. The largest absolute Gasteiger partial charge is 0.492 e. The molecular weight excluding hydrogens is 288 g/mol.